The van der Waals surface area contributed by atoms with E-state index >= 15 is 0 Å². The third-order valence-corrected chi connectivity index (χ3v) is 2.96. The van der Waals surface area contributed by atoms with Gasteiger partial charge in [0.15, 0.2) is 5.84 Å². The van der Waals surface area contributed by atoms with Gasteiger partial charge in [-0.05, 0) is 6.42 Å². The molecule has 0 saturated carbocycles. The number of benzene rings is 1. The van der Waals surface area contributed by atoms with Crippen LogP contribution in [0, 0.1) is 0 Å². The van der Waals surface area contributed by atoms with E-state index in [0.717, 1.165) is 29.2 Å². The lowest BCUT2D eigenvalue weighted by atomic mass is 10.1. The standard InChI is InChI=1S/C17H19N3/c1-4-6-10-13(3)16-18-15(5-2)19-17(20-16)14-11-8-7-9-12-14/h4,6-12,15H,1,3,5H2,2H3,(H,18,19,20)/b10-6-. The van der Waals surface area contributed by atoms with E-state index < -0.39 is 0 Å². The van der Waals surface area contributed by atoms with Gasteiger partial charge in [-0.15, -0.1) is 0 Å². The van der Waals surface area contributed by atoms with Crippen LogP contribution in [0.4, 0.5) is 0 Å². The van der Waals surface area contributed by atoms with Crippen molar-refractivity contribution in [3.05, 3.63) is 72.9 Å². The summed E-state index contributed by atoms with van der Waals surface area (Å²) in [5.41, 5.74) is 1.84. The highest BCUT2D eigenvalue weighted by molar-refractivity contribution is 6.13. The van der Waals surface area contributed by atoms with Crippen molar-refractivity contribution in [2.75, 3.05) is 0 Å². The molecule has 0 aliphatic carbocycles. The zero-order chi connectivity index (χ0) is 14.4. The molecule has 1 aromatic rings. The number of hydrogen-bond donors (Lipinski definition) is 1. The van der Waals surface area contributed by atoms with Crippen LogP contribution in [0.25, 0.3) is 0 Å². The second kappa shape index (κ2) is 6.66. The predicted octanol–water partition coefficient (Wildman–Crippen LogP) is 3.47. The second-order valence-electron chi connectivity index (χ2n) is 4.47. The van der Waals surface area contributed by atoms with Crippen LogP contribution < -0.4 is 5.32 Å². The van der Waals surface area contributed by atoms with E-state index in [4.69, 9.17) is 0 Å². The molecule has 0 spiro atoms. The Morgan fingerprint density at radius 2 is 2.10 bits per heavy atom. The number of aliphatic imine (C=N–C) groups is 2. The first-order chi connectivity index (χ1) is 9.74. The fourth-order valence-corrected chi connectivity index (χ4v) is 1.85. The van der Waals surface area contributed by atoms with Gasteiger partial charge >= 0.3 is 0 Å². The van der Waals surface area contributed by atoms with E-state index in [0.29, 0.717) is 0 Å². The predicted molar refractivity (Wildman–Crippen MR) is 86.1 cm³/mol. The van der Waals surface area contributed by atoms with Gasteiger partial charge in [0.05, 0.1) is 0 Å². The Balaban J connectivity index is 2.32. The van der Waals surface area contributed by atoms with Crippen molar-refractivity contribution in [2.24, 2.45) is 9.98 Å². The Kier molecular flexibility index (Phi) is 4.66. The van der Waals surface area contributed by atoms with Gasteiger partial charge in [0.2, 0.25) is 0 Å². The summed E-state index contributed by atoms with van der Waals surface area (Å²) in [5.74, 6) is 1.52. The smallest absolute Gasteiger partial charge is 0.159 e. The van der Waals surface area contributed by atoms with Crippen molar-refractivity contribution in [3.8, 4) is 0 Å². The molecule has 1 aliphatic heterocycles. The Morgan fingerprint density at radius 3 is 2.75 bits per heavy atom. The van der Waals surface area contributed by atoms with Crippen LogP contribution in [-0.4, -0.2) is 17.8 Å². The molecule has 1 N–H and O–H groups in total. The van der Waals surface area contributed by atoms with Crippen LogP contribution >= 0.6 is 0 Å². The average Bonchev–Trinajstić information content (AvgIpc) is 2.52. The van der Waals surface area contributed by atoms with E-state index in [1.807, 2.05) is 42.5 Å². The van der Waals surface area contributed by atoms with Gasteiger partial charge in [-0.2, -0.15) is 0 Å². The minimum absolute atomic E-state index is 0.0339. The summed E-state index contributed by atoms with van der Waals surface area (Å²) in [5, 5.41) is 3.29. The van der Waals surface area contributed by atoms with Crippen LogP contribution in [0.1, 0.15) is 18.9 Å². The largest absolute Gasteiger partial charge is 0.348 e. The van der Waals surface area contributed by atoms with Gasteiger partial charge in [0.1, 0.15) is 12.0 Å². The first-order valence-corrected chi connectivity index (χ1v) is 6.71. The molecule has 0 aromatic heterocycles. The average molecular weight is 265 g/mol. The maximum atomic E-state index is 4.62. The molecule has 0 amide bonds. The number of nitrogens with zero attached hydrogens (tertiary/aromatic N) is 2. The number of allylic oxidation sites excluding steroid dienone is 2. The van der Waals surface area contributed by atoms with Gasteiger partial charge in [-0.3, -0.25) is 0 Å². The molecule has 1 heterocycles. The van der Waals surface area contributed by atoms with Gasteiger partial charge in [-0.25, -0.2) is 9.98 Å². The van der Waals surface area contributed by atoms with E-state index in [2.05, 4.69) is 35.4 Å². The highest BCUT2D eigenvalue weighted by atomic mass is 15.2. The zero-order valence-electron chi connectivity index (χ0n) is 11.7. The van der Waals surface area contributed by atoms with Crippen molar-refractivity contribution in [1.82, 2.24) is 5.32 Å². The second-order valence-corrected chi connectivity index (χ2v) is 4.47. The first kappa shape index (κ1) is 14.0. The van der Waals surface area contributed by atoms with Crippen LogP contribution in [0.5, 0.6) is 0 Å². The Morgan fingerprint density at radius 1 is 1.35 bits per heavy atom. The molecule has 1 unspecified atom stereocenters. The summed E-state index contributed by atoms with van der Waals surface area (Å²) >= 11 is 0. The van der Waals surface area contributed by atoms with E-state index in [1.54, 1.807) is 6.08 Å². The lowest BCUT2D eigenvalue weighted by Crippen LogP contribution is -2.38. The third-order valence-electron chi connectivity index (χ3n) is 2.96. The van der Waals surface area contributed by atoms with Crippen LogP contribution in [-0.2, 0) is 0 Å². The fourth-order valence-electron chi connectivity index (χ4n) is 1.85. The van der Waals surface area contributed by atoms with Gasteiger partial charge in [0, 0.05) is 11.1 Å². The third kappa shape index (κ3) is 3.32. The summed E-state index contributed by atoms with van der Waals surface area (Å²) in [7, 11) is 0. The summed E-state index contributed by atoms with van der Waals surface area (Å²) < 4.78 is 0. The molecule has 102 valence electrons. The molecule has 20 heavy (non-hydrogen) atoms. The summed E-state index contributed by atoms with van der Waals surface area (Å²) in [6.45, 7) is 9.78. The van der Waals surface area contributed by atoms with E-state index in [9.17, 15) is 0 Å². The Hall–Kier alpha value is -2.42. The zero-order valence-corrected chi connectivity index (χ0v) is 11.7. The minimum atomic E-state index is 0.0339. The fraction of sp³-hybridized carbons (Fsp3) is 0.176. The van der Waals surface area contributed by atoms with E-state index in [-0.39, 0.29) is 6.17 Å². The molecule has 0 fully saturated rings. The molecule has 1 aliphatic rings. The molecule has 1 aromatic carbocycles. The van der Waals surface area contributed by atoms with Crippen LogP contribution in [0.2, 0.25) is 0 Å². The molecular weight excluding hydrogens is 246 g/mol. The number of amidine groups is 2. The van der Waals surface area contributed by atoms with Crippen molar-refractivity contribution < 1.29 is 0 Å². The van der Waals surface area contributed by atoms with Crippen molar-refractivity contribution in [3.63, 3.8) is 0 Å². The Bertz CT molecular complexity index is 580. The maximum Gasteiger partial charge on any atom is 0.159 e. The van der Waals surface area contributed by atoms with E-state index in [1.165, 1.54) is 0 Å². The van der Waals surface area contributed by atoms with Gasteiger partial charge < -0.3 is 5.32 Å². The molecule has 0 bridgehead atoms. The molecule has 3 nitrogen and oxygen atoms in total. The van der Waals surface area contributed by atoms with Crippen molar-refractivity contribution >= 4 is 11.7 Å². The van der Waals surface area contributed by atoms with Gasteiger partial charge in [0.25, 0.3) is 0 Å². The van der Waals surface area contributed by atoms with Crippen molar-refractivity contribution in [1.29, 1.82) is 0 Å². The molecular formula is C17H19N3. The number of nitrogens with one attached hydrogen (secondary N) is 1. The molecule has 0 radical (unpaired) electrons. The quantitative estimate of drug-likeness (QED) is 0.813. The maximum absolute atomic E-state index is 4.62. The lowest BCUT2D eigenvalue weighted by Gasteiger charge is -2.22. The summed E-state index contributed by atoms with van der Waals surface area (Å²) in [6, 6.07) is 9.99. The minimum Gasteiger partial charge on any atom is -0.348 e. The SMILES string of the molecule is C=C/C=C\C(=C)C1=NC(c2ccccc2)=NC(CC)N1. The molecule has 2 rings (SSSR count). The first-order valence-electron chi connectivity index (χ1n) is 6.71. The molecule has 1 atom stereocenters. The number of rotatable bonds is 5. The summed E-state index contributed by atoms with van der Waals surface area (Å²) in [6.07, 6.45) is 6.39. The lowest BCUT2D eigenvalue weighted by molar-refractivity contribution is 0.609. The summed E-state index contributed by atoms with van der Waals surface area (Å²) in [4.78, 5) is 9.19. The monoisotopic (exact) mass is 265 g/mol. The van der Waals surface area contributed by atoms with Crippen LogP contribution in [0.15, 0.2) is 77.3 Å². The van der Waals surface area contributed by atoms with Crippen molar-refractivity contribution in [2.45, 2.75) is 19.5 Å². The highest BCUT2D eigenvalue weighted by Crippen LogP contribution is 2.12. The topological polar surface area (TPSA) is 36.8 Å². The van der Waals surface area contributed by atoms with Gasteiger partial charge in [-0.1, -0.05) is 68.6 Å². The molecule has 3 heteroatoms. The molecule has 0 saturated heterocycles. The normalized spacial score (nSPS) is 18.1. The highest BCUT2D eigenvalue weighted by Gasteiger charge is 2.17. The Labute approximate surface area is 120 Å². The number of hydrogen-bond acceptors (Lipinski definition) is 3. The van der Waals surface area contributed by atoms with Crippen LogP contribution in [0.3, 0.4) is 0 Å².